The first kappa shape index (κ1) is 13.1. The van der Waals surface area contributed by atoms with E-state index in [1.807, 2.05) is 13.0 Å². The zero-order valence-electron chi connectivity index (χ0n) is 8.40. The first-order valence-corrected chi connectivity index (χ1v) is 4.65. The van der Waals surface area contributed by atoms with Gasteiger partial charge in [0.15, 0.2) is 0 Å². The van der Waals surface area contributed by atoms with Gasteiger partial charge in [0.05, 0.1) is 0 Å². The van der Waals surface area contributed by atoms with Crippen LogP contribution in [0.4, 0.5) is 0 Å². The summed E-state index contributed by atoms with van der Waals surface area (Å²) in [5.74, 6) is 0. The summed E-state index contributed by atoms with van der Waals surface area (Å²) in [5, 5.41) is 11.6. The van der Waals surface area contributed by atoms with Gasteiger partial charge in [-0.05, 0) is 25.4 Å². The van der Waals surface area contributed by atoms with Gasteiger partial charge in [-0.1, -0.05) is 29.9 Å². The summed E-state index contributed by atoms with van der Waals surface area (Å²) in [7, 11) is 0. The number of aliphatic hydroxyl groups excluding tert-OH is 1. The Morgan fingerprint density at radius 1 is 1.64 bits per heavy atom. The van der Waals surface area contributed by atoms with Crippen molar-refractivity contribution in [2.75, 3.05) is 0 Å². The molecular formula is C10H15NO2S. The van der Waals surface area contributed by atoms with E-state index in [1.54, 1.807) is 13.0 Å². The van der Waals surface area contributed by atoms with Gasteiger partial charge in [-0.3, -0.25) is 0 Å². The minimum absolute atomic E-state index is 0.316. The summed E-state index contributed by atoms with van der Waals surface area (Å²) in [5.41, 5.74) is 1.91. The fraction of sp³-hybridized carbons (Fsp3) is 0.400. The molecule has 0 spiro atoms. The van der Waals surface area contributed by atoms with E-state index in [2.05, 4.69) is 24.4 Å². The van der Waals surface area contributed by atoms with Crippen molar-refractivity contribution in [2.24, 2.45) is 5.18 Å². The lowest BCUT2D eigenvalue weighted by atomic mass is 10.1. The van der Waals surface area contributed by atoms with Crippen molar-refractivity contribution in [3.8, 4) is 0 Å². The SMILES string of the molecule is C=C/C=C(/C)C/C(C)=C(\S)C(O)N=O. The maximum atomic E-state index is 10.0. The number of aliphatic hydroxyl groups is 1. The molecule has 0 aromatic carbocycles. The Morgan fingerprint density at radius 2 is 2.21 bits per heavy atom. The average molecular weight is 213 g/mol. The number of rotatable bonds is 5. The normalized spacial score (nSPS) is 15.9. The second-order valence-corrected chi connectivity index (χ2v) is 3.55. The highest BCUT2D eigenvalue weighted by Gasteiger charge is 2.09. The highest BCUT2D eigenvalue weighted by molar-refractivity contribution is 7.84. The summed E-state index contributed by atoms with van der Waals surface area (Å²) in [4.78, 5) is 10.4. The third-order valence-corrected chi connectivity index (χ3v) is 2.34. The van der Waals surface area contributed by atoms with E-state index in [4.69, 9.17) is 5.11 Å². The summed E-state index contributed by atoms with van der Waals surface area (Å²) in [6.07, 6.45) is 2.85. The molecule has 0 heterocycles. The number of nitroso groups, excluding NO2 is 1. The van der Waals surface area contributed by atoms with Crippen molar-refractivity contribution < 1.29 is 5.11 Å². The molecule has 78 valence electrons. The van der Waals surface area contributed by atoms with E-state index in [0.717, 1.165) is 11.1 Å². The Morgan fingerprint density at radius 3 is 2.64 bits per heavy atom. The van der Waals surface area contributed by atoms with E-state index in [1.165, 1.54) is 0 Å². The Hall–Kier alpha value is -0.870. The molecule has 0 aliphatic heterocycles. The Labute approximate surface area is 89.6 Å². The molecule has 1 atom stereocenters. The molecule has 0 saturated heterocycles. The van der Waals surface area contributed by atoms with Crippen molar-refractivity contribution in [1.82, 2.24) is 0 Å². The third-order valence-electron chi connectivity index (χ3n) is 1.73. The van der Waals surface area contributed by atoms with Crippen LogP contribution in [0.3, 0.4) is 0 Å². The highest BCUT2D eigenvalue weighted by atomic mass is 32.1. The predicted octanol–water partition coefficient (Wildman–Crippen LogP) is 2.80. The maximum absolute atomic E-state index is 10.0. The van der Waals surface area contributed by atoms with Crippen molar-refractivity contribution in [2.45, 2.75) is 26.5 Å². The maximum Gasteiger partial charge on any atom is 0.218 e. The molecule has 0 aliphatic rings. The van der Waals surface area contributed by atoms with Crippen molar-refractivity contribution in [3.63, 3.8) is 0 Å². The third kappa shape index (κ3) is 4.39. The molecule has 3 nitrogen and oxygen atoms in total. The molecule has 0 aromatic rings. The summed E-state index contributed by atoms with van der Waals surface area (Å²) >= 11 is 4.03. The molecule has 4 heteroatoms. The Balaban J connectivity index is 4.59. The number of allylic oxidation sites excluding steroid dienone is 4. The van der Waals surface area contributed by atoms with Crippen LogP contribution in [0.5, 0.6) is 0 Å². The fourth-order valence-electron chi connectivity index (χ4n) is 1.04. The van der Waals surface area contributed by atoms with Gasteiger partial charge >= 0.3 is 0 Å². The minimum atomic E-state index is -1.35. The van der Waals surface area contributed by atoms with E-state index in [0.29, 0.717) is 11.3 Å². The van der Waals surface area contributed by atoms with E-state index >= 15 is 0 Å². The van der Waals surface area contributed by atoms with Crippen LogP contribution in [0.15, 0.2) is 40.0 Å². The second-order valence-electron chi connectivity index (χ2n) is 3.07. The van der Waals surface area contributed by atoms with Gasteiger partial charge < -0.3 is 5.11 Å². The number of thiol groups is 1. The standard InChI is InChI=1S/C10H15NO2S/c1-4-5-7(2)6-8(3)9(14)10(12)11-13/h4-5,10,12,14H,1,6H2,2-3H3/b7-5-,9-8-. The fourth-order valence-corrected chi connectivity index (χ4v) is 1.17. The van der Waals surface area contributed by atoms with Crippen LogP contribution < -0.4 is 0 Å². The molecule has 1 N–H and O–H groups in total. The predicted molar refractivity (Wildman–Crippen MR) is 62.1 cm³/mol. The molecule has 0 rings (SSSR count). The van der Waals surface area contributed by atoms with Crippen LogP contribution in [0.25, 0.3) is 0 Å². The summed E-state index contributed by atoms with van der Waals surface area (Å²) < 4.78 is 0. The molecule has 0 aliphatic carbocycles. The molecule has 14 heavy (non-hydrogen) atoms. The largest absolute Gasteiger partial charge is 0.365 e. The molecule has 1 unspecified atom stereocenters. The monoisotopic (exact) mass is 213 g/mol. The summed E-state index contributed by atoms with van der Waals surface area (Å²) in [6, 6.07) is 0. The van der Waals surface area contributed by atoms with Gasteiger partial charge in [0.2, 0.25) is 6.23 Å². The molecule has 0 fully saturated rings. The first-order valence-electron chi connectivity index (χ1n) is 4.20. The topological polar surface area (TPSA) is 49.7 Å². The van der Waals surface area contributed by atoms with Gasteiger partial charge in [-0.2, -0.15) is 0 Å². The van der Waals surface area contributed by atoms with E-state index in [-0.39, 0.29) is 0 Å². The zero-order valence-corrected chi connectivity index (χ0v) is 9.29. The van der Waals surface area contributed by atoms with Crippen LogP contribution in [0.2, 0.25) is 0 Å². The second kappa shape index (κ2) is 6.56. The lowest BCUT2D eigenvalue weighted by molar-refractivity contribution is 0.227. The smallest absolute Gasteiger partial charge is 0.218 e. The van der Waals surface area contributed by atoms with E-state index < -0.39 is 6.23 Å². The van der Waals surface area contributed by atoms with Crippen LogP contribution in [-0.4, -0.2) is 11.3 Å². The molecule has 0 saturated carbocycles. The Kier molecular flexibility index (Phi) is 6.16. The van der Waals surface area contributed by atoms with Crippen molar-refractivity contribution in [3.05, 3.63) is 39.7 Å². The van der Waals surface area contributed by atoms with Crippen LogP contribution in [0, 0.1) is 4.91 Å². The average Bonchev–Trinajstić information content (AvgIpc) is 2.15. The Bertz CT molecular complexity index is 282. The number of hydrogen-bond donors (Lipinski definition) is 2. The first-order chi connectivity index (χ1) is 6.52. The minimum Gasteiger partial charge on any atom is -0.365 e. The summed E-state index contributed by atoms with van der Waals surface area (Å²) in [6.45, 7) is 7.31. The van der Waals surface area contributed by atoms with Crippen LogP contribution in [-0.2, 0) is 0 Å². The van der Waals surface area contributed by atoms with Gasteiger partial charge in [0.1, 0.15) is 0 Å². The van der Waals surface area contributed by atoms with Crippen LogP contribution in [0.1, 0.15) is 20.3 Å². The zero-order chi connectivity index (χ0) is 11.1. The quantitative estimate of drug-likeness (QED) is 0.419. The van der Waals surface area contributed by atoms with Crippen molar-refractivity contribution >= 4 is 12.6 Å². The van der Waals surface area contributed by atoms with Gasteiger partial charge in [-0.15, -0.1) is 17.5 Å². The lowest BCUT2D eigenvalue weighted by Gasteiger charge is -2.07. The van der Waals surface area contributed by atoms with E-state index in [9.17, 15) is 4.91 Å². The van der Waals surface area contributed by atoms with Crippen molar-refractivity contribution in [1.29, 1.82) is 0 Å². The number of nitrogens with zero attached hydrogens (tertiary/aromatic N) is 1. The molecule has 0 radical (unpaired) electrons. The van der Waals surface area contributed by atoms with Gasteiger partial charge in [-0.25, -0.2) is 0 Å². The van der Waals surface area contributed by atoms with Gasteiger partial charge in [0.25, 0.3) is 0 Å². The highest BCUT2D eigenvalue weighted by Crippen LogP contribution is 2.20. The molecular weight excluding hydrogens is 198 g/mol. The molecule has 0 aromatic heterocycles. The van der Waals surface area contributed by atoms with Gasteiger partial charge in [0, 0.05) is 4.91 Å². The molecule has 0 amide bonds. The molecule has 0 bridgehead atoms. The number of hydrogen-bond acceptors (Lipinski definition) is 4. The lowest BCUT2D eigenvalue weighted by Crippen LogP contribution is -2.03. The van der Waals surface area contributed by atoms with Crippen LogP contribution >= 0.6 is 12.6 Å².